The third-order valence-electron chi connectivity index (χ3n) is 18.3. The predicted octanol–water partition coefficient (Wildman–Crippen LogP) is 8.78. The number of H-pyrrole nitrogens is 1. The Bertz CT molecular complexity index is 4120. The lowest BCUT2D eigenvalue weighted by Crippen LogP contribution is -2.52. The van der Waals surface area contributed by atoms with Crippen molar-refractivity contribution in [3.63, 3.8) is 0 Å². The summed E-state index contributed by atoms with van der Waals surface area (Å²) in [7, 11) is -4.63. The molecule has 96 heavy (non-hydrogen) atoms. The van der Waals surface area contributed by atoms with E-state index in [1.807, 2.05) is 53.4 Å². The Morgan fingerprint density at radius 2 is 1.55 bits per heavy atom. The van der Waals surface area contributed by atoms with Crippen LogP contribution in [0, 0.1) is 22.0 Å². The van der Waals surface area contributed by atoms with E-state index in [1.165, 1.54) is 29.3 Å². The molecule has 0 saturated carbocycles. The van der Waals surface area contributed by atoms with Crippen LogP contribution in [-0.4, -0.2) is 172 Å². The summed E-state index contributed by atoms with van der Waals surface area (Å²) in [6, 6.07) is 30.6. The second-order valence-electron chi connectivity index (χ2n) is 24.5. The Labute approximate surface area is 560 Å². The lowest BCUT2D eigenvalue weighted by molar-refractivity contribution is -0.384. The predicted molar refractivity (Wildman–Crippen MR) is 359 cm³/mol. The van der Waals surface area contributed by atoms with Crippen LogP contribution < -0.4 is 35.0 Å². The lowest BCUT2D eigenvalue weighted by atomic mass is 9.96. The first kappa shape index (κ1) is 66.8. The number of aromatic amines is 1. The van der Waals surface area contributed by atoms with Gasteiger partial charge in [-0.05, 0) is 122 Å². The summed E-state index contributed by atoms with van der Waals surface area (Å²) >= 11 is 6.37. The number of nitrogens with one attached hydrogen (secondary N) is 5. The second-order valence-corrected chi connectivity index (χ2v) is 26.6. The number of piperidine rings is 2. The number of aromatic nitrogens is 2. The van der Waals surface area contributed by atoms with Crippen LogP contribution in [0.15, 0.2) is 126 Å². The molecule has 2 aromatic heterocycles. The van der Waals surface area contributed by atoms with Crippen LogP contribution in [0.4, 0.5) is 22.7 Å². The third kappa shape index (κ3) is 16.2. The molecule has 5 aliphatic heterocycles. The Morgan fingerprint density at radius 1 is 0.781 bits per heavy atom. The molecular weight excluding hydrogens is 1270 g/mol. The molecule has 504 valence electrons. The number of carbonyl (C=O) groups is 5. The number of benzene rings is 5. The molecule has 0 radical (unpaired) electrons. The monoisotopic (exact) mass is 1350 g/mol. The first-order valence-corrected chi connectivity index (χ1v) is 34.3. The van der Waals surface area contributed by atoms with Gasteiger partial charge in [0, 0.05) is 142 Å². The molecule has 7 aromatic rings. The first-order valence-electron chi connectivity index (χ1n) is 32.4. The van der Waals surface area contributed by atoms with E-state index in [4.69, 9.17) is 35.3 Å². The third-order valence-corrected chi connectivity index (χ3v) is 19.8. The van der Waals surface area contributed by atoms with E-state index in [0.717, 1.165) is 76.5 Å². The van der Waals surface area contributed by atoms with Crippen molar-refractivity contribution in [3.8, 4) is 28.4 Å². The van der Waals surface area contributed by atoms with E-state index in [1.54, 1.807) is 36.5 Å². The van der Waals surface area contributed by atoms with E-state index in [-0.39, 0.29) is 72.6 Å². The summed E-state index contributed by atoms with van der Waals surface area (Å²) in [6.07, 6.45) is 7.16. The summed E-state index contributed by atoms with van der Waals surface area (Å²) in [5, 5.41) is 22.4. The van der Waals surface area contributed by atoms with Crippen molar-refractivity contribution < 1.29 is 61.0 Å². The number of amides is 5. The van der Waals surface area contributed by atoms with Crippen LogP contribution in [-0.2, 0) is 51.7 Å². The van der Waals surface area contributed by atoms with Crippen LogP contribution >= 0.6 is 11.6 Å². The number of rotatable bonds is 27. The average Bonchev–Trinajstić information content (AvgIpc) is 1.55. The number of ether oxygens (including phenoxy) is 5. The van der Waals surface area contributed by atoms with E-state index >= 15 is 0 Å². The number of imide groups is 1. The van der Waals surface area contributed by atoms with Gasteiger partial charge in [0.15, 0.2) is 0 Å². The zero-order valence-corrected chi connectivity index (χ0v) is 54.5. The summed E-state index contributed by atoms with van der Waals surface area (Å²) in [5.41, 5.74) is 6.16. The van der Waals surface area contributed by atoms with Gasteiger partial charge in [-0.3, -0.25) is 44.3 Å². The minimum atomic E-state index is -4.63. The SMILES string of the molecule is O=C1CCC(N2Cc3c(NCCOCCOCCC(=O)N4CCC(COc5cccc(-c6ccc(Cl)cc6)c5CN5CCN(c6ccc(C(=O)NS(=O)(=O)c7ccc(NCC8CCOCC8)c([N+](=O)[O-])c7)c(Oc7cnc8[nH]ccc8c7)c6)CC5)CC4)cccc3C2=O)C(=O)N1. The number of pyridine rings is 1. The molecule has 0 bridgehead atoms. The smallest absolute Gasteiger partial charge is 0.293 e. The van der Waals surface area contributed by atoms with Crippen LogP contribution in [0.5, 0.6) is 17.2 Å². The van der Waals surface area contributed by atoms with E-state index in [0.29, 0.717) is 127 Å². The van der Waals surface area contributed by atoms with Gasteiger partial charge in [-0.25, -0.2) is 18.1 Å². The Morgan fingerprint density at radius 3 is 2.33 bits per heavy atom. The number of sulfonamides is 1. The van der Waals surface area contributed by atoms with Crippen molar-refractivity contribution in [2.24, 2.45) is 11.8 Å². The van der Waals surface area contributed by atoms with Crippen LogP contribution in [0.1, 0.15) is 76.8 Å². The molecule has 0 spiro atoms. The van der Waals surface area contributed by atoms with Crippen molar-refractivity contribution >= 4 is 84.9 Å². The largest absolute Gasteiger partial charge is 0.493 e. The fraction of sp³-hybridized carbons (Fsp3) is 0.391. The van der Waals surface area contributed by atoms with Gasteiger partial charge in [-0.15, -0.1) is 0 Å². The van der Waals surface area contributed by atoms with Gasteiger partial charge >= 0.3 is 0 Å². The number of anilines is 3. The summed E-state index contributed by atoms with van der Waals surface area (Å²) in [6.45, 7) is 8.50. The van der Waals surface area contributed by atoms with Gasteiger partial charge in [0.25, 0.3) is 27.5 Å². The zero-order valence-electron chi connectivity index (χ0n) is 52.9. The van der Waals surface area contributed by atoms with Crippen molar-refractivity contribution in [2.75, 3.05) is 114 Å². The molecule has 5 amide bonds. The van der Waals surface area contributed by atoms with E-state index < -0.39 is 43.4 Å². The molecular formula is C69H76ClN11O14S. The second kappa shape index (κ2) is 30.7. The maximum Gasteiger partial charge on any atom is 0.293 e. The van der Waals surface area contributed by atoms with Gasteiger partial charge in [-0.2, -0.15) is 0 Å². The number of likely N-dealkylation sites (tertiary alicyclic amines) is 1. The molecule has 25 nitrogen and oxygen atoms in total. The number of nitrogens with zero attached hydrogens (tertiary/aromatic N) is 6. The normalized spacial score (nSPS) is 17.3. The highest BCUT2D eigenvalue weighted by Gasteiger charge is 2.40. The number of hydrogen-bond donors (Lipinski definition) is 5. The fourth-order valence-electron chi connectivity index (χ4n) is 12.9. The molecule has 0 aliphatic carbocycles. The number of piperazine rings is 1. The summed E-state index contributed by atoms with van der Waals surface area (Å²) in [4.78, 5) is 91.4. The van der Waals surface area contributed by atoms with Gasteiger partial charge < -0.3 is 54.0 Å². The van der Waals surface area contributed by atoms with Gasteiger partial charge in [0.1, 0.15) is 34.6 Å². The molecule has 5 aliphatic rings. The quantitative estimate of drug-likeness (QED) is 0.0139. The van der Waals surface area contributed by atoms with E-state index in [2.05, 4.69) is 46.5 Å². The van der Waals surface area contributed by atoms with Crippen LogP contribution in [0.3, 0.4) is 0 Å². The first-order chi connectivity index (χ1) is 46.6. The van der Waals surface area contributed by atoms with Gasteiger partial charge in [0.2, 0.25) is 17.7 Å². The van der Waals surface area contributed by atoms with E-state index in [9.17, 15) is 42.5 Å². The van der Waals surface area contributed by atoms with Crippen molar-refractivity contribution in [1.29, 1.82) is 0 Å². The maximum absolute atomic E-state index is 14.2. The van der Waals surface area contributed by atoms with Crippen molar-refractivity contribution in [3.05, 3.63) is 159 Å². The van der Waals surface area contributed by atoms with Crippen LogP contribution in [0.2, 0.25) is 5.02 Å². The molecule has 5 N–H and O–H groups in total. The number of fused-ring (bicyclic) bond motifs is 2. The highest BCUT2D eigenvalue weighted by Crippen LogP contribution is 2.38. The highest BCUT2D eigenvalue weighted by molar-refractivity contribution is 7.90. The molecule has 4 saturated heterocycles. The fourth-order valence-corrected chi connectivity index (χ4v) is 14.0. The Balaban J connectivity index is 0.622. The minimum Gasteiger partial charge on any atom is -0.493 e. The Hall–Kier alpha value is -9.18. The molecule has 12 rings (SSSR count). The van der Waals surface area contributed by atoms with Gasteiger partial charge in [0.05, 0.1) is 61.0 Å². The van der Waals surface area contributed by atoms with Gasteiger partial charge in [-0.1, -0.05) is 41.9 Å². The molecule has 4 fully saturated rings. The number of halogens is 1. The molecule has 27 heteroatoms. The number of carbonyl (C=O) groups excluding carboxylic acids is 5. The molecule has 7 heterocycles. The summed E-state index contributed by atoms with van der Waals surface area (Å²) in [5.74, 6) is -0.350. The zero-order chi connectivity index (χ0) is 66.7. The average molecular weight is 1350 g/mol. The molecule has 1 atom stereocenters. The molecule has 5 aromatic carbocycles. The molecule has 1 unspecified atom stereocenters. The topological polar surface area (TPSA) is 299 Å². The minimum absolute atomic E-state index is 0.0397. The Kier molecular flexibility index (Phi) is 21.4. The number of hydrogen-bond acceptors (Lipinski definition) is 19. The summed E-state index contributed by atoms with van der Waals surface area (Å²) < 4.78 is 60.0. The highest BCUT2D eigenvalue weighted by atomic mass is 35.5. The van der Waals surface area contributed by atoms with Crippen molar-refractivity contribution in [1.82, 2.24) is 34.7 Å². The van der Waals surface area contributed by atoms with Crippen molar-refractivity contribution in [2.45, 2.75) is 69.0 Å². The maximum atomic E-state index is 14.2. The lowest BCUT2D eigenvalue weighted by Gasteiger charge is -2.37. The number of nitro groups is 1. The standard InChI is InChI=1S/C69H76ClN11O14S/c70-49-9-7-47(8-10-49)53-3-2-6-62(94-44-46-18-25-79(26-19-46)65(83)22-33-92-35-36-93-34-24-71-58-5-1-4-54-56(58)43-80(69(54)86)60-15-16-64(82)75-68(60)85)57(53)42-77-27-29-78(30-28-77)50-11-13-55(63(38-50)95-51-37-48-17-23-72-66(48)74-41-51)67(84)76-96(89,90)52-12-14-59(61(39-52)81(87)88)73-40-45-20-31-91-32-21-45/h1-14,17,23,37-39,41,45-46,60,71,73H,15-16,18-22,24-36,40,42-44H2,(H,72,74)(H,76,84)(H,75,82,85). The number of nitro benzene ring substituents is 1. The van der Waals surface area contributed by atoms with Crippen LogP contribution in [0.25, 0.3) is 22.2 Å².